The van der Waals surface area contributed by atoms with E-state index in [0.717, 1.165) is 11.1 Å². The number of carbonyl (C=O) groups is 4. The SMILES string of the molecule is O=C(OCCCCCCOC(=O)OOOC(=O)c1ccccc1-c1ccccc1)OOOC(=O)c1ccccc1-c1ccccc1. The van der Waals surface area contributed by atoms with Gasteiger partial charge in [-0.05, 0) is 60.1 Å². The first-order chi connectivity index (χ1) is 22.5. The summed E-state index contributed by atoms with van der Waals surface area (Å²) in [4.78, 5) is 66.0. The van der Waals surface area contributed by atoms with Crippen LogP contribution in [0.4, 0.5) is 9.59 Å². The van der Waals surface area contributed by atoms with Crippen molar-refractivity contribution in [3.8, 4) is 22.3 Å². The molecular formula is C34H30O12. The van der Waals surface area contributed by atoms with Gasteiger partial charge in [-0.2, -0.15) is 0 Å². The fourth-order valence-electron chi connectivity index (χ4n) is 4.22. The molecule has 0 saturated heterocycles. The lowest BCUT2D eigenvalue weighted by Crippen LogP contribution is -2.13. The Hall–Kier alpha value is -5.72. The summed E-state index contributed by atoms with van der Waals surface area (Å²) in [6, 6.07) is 31.9. The predicted molar refractivity (Wildman–Crippen MR) is 160 cm³/mol. The summed E-state index contributed by atoms with van der Waals surface area (Å²) >= 11 is 0. The van der Waals surface area contributed by atoms with Crippen LogP contribution < -0.4 is 0 Å². The van der Waals surface area contributed by atoms with E-state index in [2.05, 4.69) is 29.6 Å². The van der Waals surface area contributed by atoms with Crippen molar-refractivity contribution in [1.29, 1.82) is 0 Å². The van der Waals surface area contributed by atoms with Gasteiger partial charge in [-0.15, -0.1) is 0 Å². The smallest absolute Gasteiger partial charge is 0.432 e. The van der Waals surface area contributed by atoms with Crippen LogP contribution in [0.1, 0.15) is 46.4 Å². The number of unbranched alkanes of at least 4 members (excludes halogenated alkanes) is 3. The second kappa shape index (κ2) is 18.2. The Bertz CT molecular complexity index is 1450. The van der Waals surface area contributed by atoms with Crippen LogP contribution in [-0.4, -0.2) is 37.5 Å². The van der Waals surface area contributed by atoms with Crippen LogP contribution in [0.3, 0.4) is 0 Å². The molecule has 4 aromatic carbocycles. The van der Waals surface area contributed by atoms with Gasteiger partial charge in [0.25, 0.3) is 0 Å². The lowest BCUT2D eigenvalue weighted by Gasteiger charge is -2.08. The van der Waals surface area contributed by atoms with Gasteiger partial charge < -0.3 is 9.47 Å². The summed E-state index contributed by atoms with van der Waals surface area (Å²) in [5.41, 5.74) is 3.29. The molecule has 46 heavy (non-hydrogen) atoms. The van der Waals surface area contributed by atoms with Crippen LogP contribution in [0.25, 0.3) is 22.3 Å². The number of hydrogen-bond donors (Lipinski definition) is 0. The molecule has 12 heteroatoms. The van der Waals surface area contributed by atoms with Crippen LogP contribution in [-0.2, 0) is 39.1 Å². The Balaban J connectivity index is 1.01. The van der Waals surface area contributed by atoms with Gasteiger partial charge >= 0.3 is 24.2 Å². The van der Waals surface area contributed by atoms with Crippen LogP contribution in [0, 0.1) is 0 Å². The van der Waals surface area contributed by atoms with E-state index >= 15 is 0 Å². The van der Waals surface area contributed by atoms with Crippen LogP contribution >= 0.6 is 0 Å². The zero-order valence-corrected chi connectivity index (χ0v) is 24.5. The van der Waals surface area contributed by atoms with E-state index in [4.69, 9.17) is 9.47 Å². The molecule has 0 amide bonds. The minimum absolute atomic E-state index is 0.0164. The zero-order valence-electron chi connectivity index (χ0n) is 24.5. The Morgan fingerprint density at radius 3 is 1.20 bits per heavy atom. The van der Waals surface area contributed by atoms with Gasteiger partial charge in [-0.3, -0.25) is 9.78 Å². The van der Waals surface area contributed by atoms with Gasteiger partial charge in [0.05, 0.1) is 34.4 Å². The Kier molecular flexibility index (Phi) is 13.1. The van der Waals surface area contributed by atoms with Crippen molar-refractivity contribution in [1.82, 2.24) is 0 Å². The van der Waals surface area contributed by atoms with Crippen LogP contribution in [0.15, 0.2) is 109 Å². The van der Waals surface area contributed by atoms with Crippen molar-refractivity contribution in [3.05, 3.63) is 120 Å². The highest BCUT2D eigenvalue weighted by atomic mass is 17.5. The highest BCUT2D eigenvalue weighted by Crippen LogP contribution is 2.25. The molecule has 0 radical (unpaired) electrons. The minimum atomic E-state index is -1.18. The second-order valence-electron chi connectivity index (χ2n) is 9.48. The first-order valence-electron chi connectivity index (χ1n) is 14.3. The van der Waals surface area contributed by atoms with Gasteiger partial charge in [0, 0.05) is 0 Å². The van der Waals surface area contributed by atoms with Gasteiger partial charge in [0.2, 0.25) is 0 Å². The largest absolute Gasteiger partial charge is 0.543 e. The van der Waals surface area contributed by atoms with E-state index in [-0.39, 0.29) is 24.3 Å². The summed E-state index contributed by atoms with van der Waals surface area (Å²) < 4.78 is 9.71. The Labute approximate surface area is 264 Å². The van der Waals surface area contributed by atoms with Gasteiger partial charge in [0.15, 0.2) is 0 Å². The molecule has 238 valence electrons. The molecule has 0 fully saturated rings. The number of carbonyl (C=O) groups excluding carboxylic acids is 4. The summed E-state index contributed by atoms with van der Waals surface area (Å²) in [6.07, 6.45) is -0.140. The number of rotatable bonds is 15. The molecule has 0 bridgehead atoms. The van der Waals surface area contributed by atoms with E-state index in [9.17, 15) is 19.2 Å². The van der Waals surface area contributed by atoms with Crippen LogP contribution in [0.2, 0.25) is 0 Å². The van der Waals surface area contributed by atoms with E-state index in [1.54, 1.807) is 48.5 Å². The normalized spacial score (nSPS) is 10.3. The summed E-state index contributed by atoms with van der Waals surface area (Å²) in [7, 11) is 0. The molecule has 0 aliphatic rings. The number of hydrogen-bond acceptors (Lipinski definition) is 12. The molecule has 0 saturated carbocycles. The first-order valence-corrected chi connectivity index (χ1v) is 14.3. The topological polar surface area (TPSA) is 142 Å². The molecule has 0 aromatic heterocycles. The summed E-state index contributed by atoms with van der Waals surface area (Å²) in [5.74, 6) is -1.70. The molecule has 0 aliphatic heterocycles. The van der Waals surface area contributed by atoms with Crippen molar-refractivity contribution in [3.63, 3.8) is 0 Å². The summed E-state index contributed by atoms with van der Waals surface area (Å²) in [6.45, 7) is 0.0327. The quantitative estimate of drug-likeness (QED) is 0.0552. The molecule has 4 aromatic rings. The molecule has 0 aliphatic carbocycles. The van der Waals surface area contributed by atoms with Crippen molar-refractivity contribution in [2.75, 3.05) is 13.2 Å². The predicted octanol–water partition coefficient (Wildman–Crippen LogP) is 7.59. The Morgan fingerprint density at radius 2 is 0.783 bits per heavy atom. The molecule has 0 unspecified atom stereocenters. The average Bonchev–Trinajstić information content (AvgIpc) is 3.10. The van der Waals surface area contributed by atoms with Gasteiger partial charge in [-0.1, -0.05) is 97.1 Å². The highest BCUT2D eigenvalue weighted by molar-refractivity contribution is 5.97. The third kappa shape index (κ3) is 10.5. The maximum absolute atomic E-state index is 12.4. The zero-order chi connectivity index (χ0) is 32.4. The van der Waals surface area contributed by atoms with Gasteiger partial charge in [-0.25, -0.2) is 29.0 Å². The molecule has 0 spiro atoms. The van der Waals surface area contributed by atoms with Crippen molar-refractivity contribution in [2.24, 2.45) is 0 Å². The second-order valence-corrected chi connectivity index (χ2v) is 9.48. The lowest BCUT2D eigenvalue weighted by atomic mass is 10.00. The standard InChI is InChI=1S/C34H30O12/c35-31(29-21-11-9-19-27(29)25-15-5-3-6-16-25)41-45-43-33(37)39-23-13-1-2-14-24-40-34(38)44-46-42-32(36)30-22-12-10-20-28(30)26-17-7-4-8-18-26/h3-12,15-22H,1-2,13-14,23-24H2. The fraction of sp³-hybridized carbons (Fsp3) is 0.176. The molecule has 4 rings (SSSR count). The van der Waals surface area contributed by atoms with E-state index in [1.807, 2.05) is 60.7 Å². The lowest BCUT2D eigenvalue weighted by molar-refractivity contribution is -0.452. The van der Waals surface area contributed by atoms with Crippen molar-refractivity contribution < 1.29 is 58.3 Å². The van der Waals surface area contributed by atoms with Crippen LogP contribution in [0.5, 0.6) is 0 Å². The van der Waals surface area contributed by atoms with E-state index < -0.39 is 24.2 Å². The van der Waals surface area contributed by atoms with E-state index in [1.165, 1.54) is 0 Å². The summed E-state index contributed by atoms with van der Waals surface area (Å²) in [5, 5.41) is 8.60. The van der Waals surface area contributed by atoms with Crippen molar-refractivity contribution >= 4 is 24.2 Å². The first kappa shape index (κ1) is 33.2. The molecule has 0 heterocycles. The molecule has 0 atom stereocenters. The molecular weight excluding hydrogens is 600 g/mol. The molecule has 0 N–H and O–H groups in total. The average molecular weight is 631 g/mol. The number of benzene rings is 4. The highest BCUT2D eigenvalue weighted by Gasteiger charge is 2.18. The van der Waals surface area contributed by atoms with Gasteiger partial charge in [0.1, 0.15) is 0 Å². The minimum Gasteiger partial charge on any atom is -0.432 e. The van der Waals surface area contributed by atoms with E-state index in [0.29, 0.717) is 36.8 Å². The third-order valence-electron chi connectivity index (χ3n) is 6.37. The maximum atomic E-state index is 12.4. The molecule has 12 nitrogen and oxygen atoms in total. The van der Waals surface area contributed by atoms with Crippen molar-refractivity contribution in [2.45, 2.75) is 25.7 Å². The third-order valence-corrected chi connectivity index (χ3v) is 6.37. The number of ether oxygens (including phenoxy) is 2. The maximum Gasteiger partial charge on any atom is 0.543 e. The Morgan fingerprint density at radius 1 is 0.413 bits per heavy atom. The fourth-order valence-corrected chi connectivity index (χ4v) is 4.22. The monoisotopic (exact) mass is 630 g/mol.